The lowest BCUT2D eigenvalue weighted by Crippen LogP contribution is -2.03. The highest BCUT2D eigenvalue weighted by Crippen LogP contribution is 2.22. The summed E-state index contributed by atoms with van der Waals surface area (Å²) in [6.07, 6.45) is 0. The van der Waals surface area contributed by atoms with Gasteiger partial charge in [0.15, 0.2) is 0 Å². The van der Waals surface area contributed by atoms with Crippen molar-refractivity contribution in [3.63, 3.8) is 0 Å². The number of anilines is 1. The maximum absolute atomic E-state index is 5.97. The van der Waals surface area contributed by atoms with Crippen molar-refractivity contribution in [2.45, 2.75) is 13.2 Å². The van der Waals surface area contributed by atoms with E-state index in [-0.39, 0.29) is 0 Å². The Kier molecular flexibility index (Phi) is 5.63. The first-order valence-corrected chi connectivity index (χ1v) is 8.41. The first kappa shape index (κ1) is 16.7. The summed E-state index contributed by atoms with van der Waals surface area (Å²) < 4.78 is 5.97. The molecule has 0 heterocycles. The molecule has 3 aromatic carbocycles. The van der Waals surface area contributed by atoms with Gasteiger partial charge in [-0.25, -0.2) is 0 Å². The number of hydrogen-bond donors (Lipinski definition) is 1. The Morgan fingerprint density at radius 3 is 2.08 bits per heavy atom. The molecule has 0 unspecified atom stereocenters. The molecule has 0 spiro atoms. The van der Waals surface area contributed by atoms with Crippen LogP contribution in [0.4, 0.5) is 5.69 Å². The fourth-order valence-corrected chi connectivity index (χ4v) is 2.55. The molecular formula is C20H17Cl2NO. The molecule has 0 radical (unpaired) electrons. The van der Waals surface area contributed by atoms with Crippen LogP contribution in [0.15, 0.2) is 72.8 Å². The fourth-order valence-electron chi connectivity index (χ4n) is 2.30. The summed E-state index contributed by atoms with van der Waals surface area (Å²) in [6, 6.07) is 23.3. The molecule has 2 nitrogen and oxygen atoms in total. The molecule has 0 amide bonds. The van der Waals surface area contributed by atoms with E-state index in [9.17, 15) is 0 Å². The van der Waals surface area contributed by atoms with Gasteiger partial charge in [-0.3, -0.25) is 0 Å². The average molecular weight is 358 g/mol. The largest absolute Gasteiger partial charge is 0.489 e. The molecule has 0 aliphatic carbocycles. The van der Waals surface area contributed by atoms with Gasteiger partial charge in [0, 0.05) is 27.8 Å². The Balaban J connectivity index is 1.64. The van der Waals surface area contributed by atoms with E-state index in [1.807, 2.05) is 66.7 Å². The highest BCUT2D eigenvalue weighted by Gasteiger charge is 2.04. The Hall–Kier alpha value is -2.16. The molecule has 24 heavy (non-hydrogen) atoms. The predicted molar refractivity (Wildman–Crippen MR) is 101 cm³/mol. The van der Waals surface area contributed by atoms with Gasteiger partial charge in [-0.15, -0.1) is 0 Å². The lowest BCUT2D eigenvalue weighted by Gasteiger charge is -2.13. The van der Waals surface area contributed by atoms with Gasteiger partial charge in [0.2, 0.25) is 0 Å². The van der Waals surface area contributed by atoms with Gasteiger partial charge in [-0.2, -0.15) is 0 Å². The minimum atomic E-state index is 0.509. The minimum Gasteiger partial charge on any atom is -0.489 e. The highest BCUT2D eigenvalue weighted by atomic mass is 35.5. The Morgan fingerprint density at radius 2 is 1.38 bits per heavy atom. The average Bonchev–Trinajstić information content (AvgIpc) is 2.61. The second kappa shape index (κ2) is 8.09. The molecule has 0 aliphatic heterocycles. The van der Waals surface area contributed by atoms with Gasteiger partial charge in [-0.1, -0.05) is 53.5 Å². The summed E-state index contributed by atoms with van der Waals surface area (Å²) >= 11 is 11.8. The number of ether oxygens (including phenoxy) is 1. The second-order valence-corrected chi connectivity index (χ2v) is 6.26. The molecule has 0 bridgehead atoms. The Labute approximate surface area is 152 Å². The van der Waals surface area contributed by atoms with Crippen LogP contribution in [0.5, 0.6) is 5.75 Å². The molecule has 0 saturated heterocycles. The summed E-state index contributed by atoms with van der Waals surface area (Å²) in [6.45, 7) is 1.19. The van der Waals surface area contributed by atoms with Crippen molar-refractivity contribution in [2.24, 2.45) is 0 Å². The molecule has 0 saturated carbocycles. The molecule has 0 aliphatic rings. The van der Waals surface area contributed by atoms with Crippen molar-refractivity contribution in [1.82, 2.24) is 0 Å². The fraction of sp³-hybridized carbons (Fsp3) is 0.100. The van der Waals surface area contributed by atoms with Gasteiger partial charge in [-0.05, 0) is 48.0 Å². The standard InChI is InChI=1S/C20H17Cl2NO/c21-17-7-5-15(6-8-17)14-24-20-4-2-1-3-16(20)13-23-19-11-9-18(22)10-12-19/h1-12,23H,13-14H2. The normalized spacial score (nSPS) is 10.4. The van der Waals surface area contributed by atoms with E-state index in [4.69, 9.17) is 27.9 Å². The second-order valence-electron chi connectivity index (χ2n) is 5.38. The zero-order chi connectivity index (χ0) is 16.8. The molecule has 0 aromatic heterocycles. The minimum absolute atomic E-state index is 0.509. The highest BCUT2D eigenvalue weighted by molar-refractivity contribution is 6.30. The van der Waals surface area contributed by atoms with Crippen LogP contribution in [0, 0.1) is 0 Å². The Morgan fingerprint density at radius 1 is 0.750 bits per heavy atom. The van der Waals surface area contributed by atoms with E-state index < -0.39 is 0 Å². The van der Waals surface area contributed by atoms with Gasteiger partial charge in [0.05, 0.1) is 0 Å². The summed E-state index contributed by atoms with van der Waals surface area (Å²) in [5.74, 6) is 0.869. The van der Waals surface area contributed by atoms with Crippen LogP contribution in [-0.2, 0) is 13.2 Å². The van der Waals surface area contributed by atoms with E-state index >= 15 is 0 Å². The van der Waals surface area contributed by atoms with Crippen LogP contribution in [0.3, 0.4) is 0 Å². The van der Waals surface area contributed by atoms with Crippen molar-refractivity contribution in [1.29, 1.82) is 0 Å². The number of halogens is 2. The lowest BCUT2D eigenvalue weighted by atomic mass is 10.2. The summed E-state index contributed by atoms with van der Waals surface area (Å²) in [7, 11) is 0. The van der Waals surface area contributed by atoms with Crippen molar-refractivity contribution in [2.75, 3.05) is 5.32 Å². The SMILES string of the molecule is Clc1ccc(COc2ccccc2CNc2ccc(Cl)cc2)cc1. The molecule has 3 rings (SSSR count). The number of benzene rings is 3. The zero-order valence-corrected chi connectivity index (χ0v) is 14.5. The smallest absolute Gasteiger partial charge is 0.124 e. The summed E-state index contributed by atoms with van der Waals surface area (Å²) in [5.41, 5.74) is 3.20. The van der Waals surface area contributed by atoms with E-state index in [0.29, 0.717) is 13.2 Å². The van der Waals surface area contributed by atoms with Crippen LogP contribution >= 0.6 is 23.2 Å². The molecule has 0 atom stereocenters. The molecule has 122 valence electrons. The van der Waals surface area contributed by atoms with Crippen LogP contribution in [0.1, 0.15) is 11.1 Å². The van der Waals surface area contributed by atoms with Crippen LogP contribution in [-0.4, -0.2) is 0 Å². The number of para-hydroxylation sites is 1. The van der Waals surface area contributed by atoms with Crippen molar-refractivity contribution in [3.8, 4) is 5.75 Å². The molecule has 1 N–H and O–H groups in total. The van der Waals surface area contributed by atoms with Gasteiger partial charge >= 0.3 is 0 Å². The first-order chi connectivity index (χ1) is 11.7. The quantitative estimate of drug-likeness (QED) is 0.568. The van der Waals surface area contributed by atoms with Gasteiger partial charge in [0.1, 0.15) is 12.4 Å². The van der Waals surface area contributed by atoms with Crippen LogP contribution < -0.4 is 10.1 Å². The summed E-state index contributed by atoms with van der Waals surface area (Å²) in [5, 5.41) is 4.84. The summed E-state index contributed by atoms with van der Waals surface area (Å²) in [4.78, 5) is 0. The number of nitrogens with one attached hydrogen (secondary N) is 1. The maximum Gasteiger partial charge on any atom is 0.124 e. The first-order valence-electron chi connectivity index (χ1n) is 7.65. The number of rotatable bonds is 6. The van der Waals surface area contributed by atoms with E-state index in [1.165, 1.54) is 0 Å². The zero-order valence-electron chi connectivity index (χ0n) is 13.0. The molecule has 0 fully saturated rings. The topological polar surface area (TPSA) is 21.3 Å². The van der Waals surface area contributed by atoms with Crippen molar-refractivity contribution in [3.05, 3.63) is 94.0 Å². The third-order valence-electron chi connectivity index (χ3n) is 3.61. The lowest BCUT2D eigenvalue weighted by molar-refractivity contribution is 0.303. The molecule has 3 aromatic rings. The van der Waals surface area contributed by atoms with Crippen molar-refractivity contribution >= 4 is 28.9 Å². The van der Waals surface area contributed by atoms with E-state index in [1.54, 1.807) is 0 Å². The number of hydrogen-bond acceptors (Lipinski definition) is 2. The third kappa shape index (κ3) is 4.67. The van der Waals surface area contributed by atoms with Crippen molar-refractivity contribution < 1.29 is 4.74 Å². The molecule has 4 heteroatoms. The van der Waals surface area contributed by atoms with Crippen LogP contribution in [0.2, 0.25) is 10.0 Å². The maximum atomic E-state index is 5.97. The molecular weight excluding hydrogens is 341 g/mol. The van der Waals surface area contributed by atoms with Gasteiger partial charge in [0.25, 0.3) is 0 Å². The van der Waals surface area contributed by atoms with Gasteiger partial charge < -0.3 is 10.1 Å². The monoisotopic (exact) mass is 357 g/mol. The third-order valence-corrected chi connectivity index (χ3v) is 4.11. The van der Waals surface area contributed by atoms with E-state index in [2.05, 4.69) is 11.4 Å². The predicted octanol–water partition coefficient (Wildman–Crippen LogP) is 6.18. The Bertz CT molecular complexity index is 717. The van der Waals surface area contributed by atoms with Crippen LogP contribution in [0.25, 0.3) is 0 Å². The van der Waals surface area contributed by atoms with E-state index in [0.717, 1.165) is 32.6 Å².